The van der Waals surface area contributed by atoms with E-state index in [-0.39, 0.29) is 30.5 Å². The van der Waals surface area contributed by atoms with E-state index in [1.54, 1.807) is 34.0 Å². The number of anilines is 2. The zero-order valence-corrected chi connectivity index (χ0v) is 17.8. The maximum atomic E-state index is 10.8. The Bertz CT molecular complexity index is 1210. The van der Waals surface area contributed by atoms with Crippen LogP contribution >= 0.6 is 0 Å². The average molecular weight is 451 g/mol. The Morgan fingerprint density at radius 2 is 1.88 bits per heavy atom. The summed E-state index contributed by atoms with van der Waals surface area (Å²) in [6.07, 6.45) is 3.95. The van der Waals surface area contributed by atoms with Gasteiger partial charge >= 0.3 is 0 Å². The zero-order chi connectivity index (χ0) is 22.9. The fourth-order valence-corrected chi connectivity index (χ4v) is 4.49. The van der Waals surface area contributed by atoms with Crippen LogP contribution in [-0.2, 0) is 6.42 Å². The van der Waals surface area contributed by atoms with Gasteiger partial charge in [-0.25, -0.2) is 4.98 Å². The minimum Gasteiger partial charge on any atom is -0.394 e. The number of nitrogens with two attached hydrogens (primary N) is 1. The van der Waals surface area contributed by atoms with Crippen LogP contribution in [0.1, 0.15) is 24.1 Å². The lowest BCUT2D eigenvalue weighted by Gasteiger charge is -2.19. The third kappa shape index (κ3) is 4.01. The number of fused-ring (bicyclic) bond motifs is 1. The second kappa shape index (κ2) is 8.77. The maximum Gasteiger partial charge on any atom is 0.227 e. The van der Waals surface area contributed by atoms with Crippen molar-refractivity contribution in [2.24, 2.45) is 0 Å². The van der Waals surface area contributed by atoms with Crippen molar-refractivity contribution < 1.29 is 15.3 Å². The Balaban J connectivity index is 1.43. The Kier molecular flexibility index (Phi) is 5.67. The number of benzene rings is 1. The first-order chi connectivity index (χ1) is 16.0. The molecule has 0 spiro atoms. The highest BCUT2D eigenvalue weighted by Crippen LogP contribution is 2.39. The Morgan fingerprint density at radius 1 is 1.09 bits per heavy atom. The first-order valence-corrected chi connectivity index (χ1v) is 10.8. The van der Waals surface area contributed by atoms with E-state index in [9.17, 15) is 15.3 Å². The summed E-state index contributed by atoms with van der Waals surface area (Å²) in [5.41, 5.74) is 8.07. The number of hydrogen-bond donors (Lipinski definition) is 5. The topological polar surface area (TPSA) is 160 Å². The van der Waals surface area contributed by atoms with Crippen molar-refractivity contribution in [3.8, 4) is 0 Å². The van der Waals surface area contributed by atoms with Gasteiger partial charge in [-0.05, 0) is 24.5 Å². The number of hydrogen-bond acceptors (Lipinski definition) is 9. The molecule has 6 N–H and O–H groups in total. The highest BCUT2D eigenvalue weighted by Gasteiger charge is 2.44. The minimum atomic E-state index is -1.03. The number of aromatic nitrogens is 6. The van der Waals surface area contributed by atoms with Gasteiger partial charge < -0.3 is 30.9 Å². The quantitative estimate of drug-likeness (QED) is 0.270. The van der Waals surface area contributed by atoms with Crippen LogP contribution in [0.5, 0.6) is 0 Å². The minimum absolute atomic E-state index is 0.117. The molecule has 0 aliphatic heterocycles. The Morgan fingerprint density at radius 3 is 2.61 bits per heavy atom. The second-order valence-electron chi connectivity index (χ2n) is 8.31. The van der Waals surface area contributed by atoms with Crippen molar-refractivity contribution >= 4 is 22.9 Å². The molecule has 1 saturated carbocycles. The molecular formula is C22H26N8O3. The van der Waals surface area contributed by atoms with Crippen molar-refractivity contribution in [3.63, 3.8) is 0 Å². The standard InChI is InChI=1S/C22H26N8O3/c23-20-17-21(28-22(27-20)26-14(11-31)9-13-5-2-1-3-6-13)29(12-24-17)15-10-16(19(33)18(15)32)30-8-4-7-25-30/h1-8,12,14-16,18-19,31-33H,9-11H2,(H3,23,26,27,28)/t14-,15-,16+,18+,19-/m1/s1. The molecule has 5 rings (SSSR count). The molecule has 1 fully saturated rings. The molecule has 0 unspecified atom stereocenters. The van der Waals surface area contributed by atoms with Gasteiger partial charge in [-0.2, -0.15) is 15.1 Å². The first-order valence-electron chi connectivity index (χ1n) is 10.8. The van der Waals surface area contributed by atoms with Gasteiger partial charge in [-0.3, -0.25) is 4.68 Å². The van der Waals surface area contributed by atoms with Crippen LogP contribution < -0.4 is 11.1 Å². The number of nitrogens with zero attached hydrogens (tertiary/aromatic N) is 6. The monoisotopic (exact) mass is 450 g/mol. The highest BCUT2D eigenvalue weighted by molar-refractivity contribution is 5.83. The summed E-state index contributed by atoms with van der Waals surface area (Å²) in [6.45, 7) is -0.117. The second-order valence-corrected chi connectivity index (χ2v) is 8.31. The molecule has 3 aromatic heterocycles. The molecule has 0 saturated heterocycles. The van der Waals surface area contributed by atoms with Crippen LogP contribution in [-0.4, -0.2) is 69.5 Å². The van der Waals surface area contributed by atoms with Crippen molar-refractivity contribution in [3.05, 3.63) is 60.7 Å². The fourth-order valence-electron chi connectivity index (χ4n) is 4.49. The van der Waals surface area contributed by atoms with E-state index in [0.29, 0.717) is 24.0 Å². The van der Waals surface area contributed by atoms with Gasteiger partial charge in [0.25, 0.3) is 0 Å². The summed E-state index contributed by atoms with van der Waals surface area (Å²) in [5, 5.41) is 38.6. The third-order valence-electron chi connectivity index (χ3n) is 6.17. The molecule has 11 nitrogen and oxygen atoms in total. The van der Waals surface area contributed by atoms with Gasteiger partial charge in [0.2, 0.25) is 5.95 Å². The molecule has 0 amide bonds. The van der Waals surface area contributed by atoms with Gasteiger partial charge in [-0.15, -0.1) is 0 Å². The van der Waals surface area contributed by atoms with Crippen molar-refractivity contribution in [2.45, 2.75) is 43.2 Å². The molecule has 3 heterocycles. The summed E-state index contributed by atoms with van der Waals surface area (Å²) in [4.78, 5) is 13.2. The predicted molar refractivity (Wildman–Crippen MR) is 121 cm³/mol. The lowest BCUT2D eigenvalue weighted by atomic mass is 10.1. The number of aliphatic hydroxyl groups is 3. The van der Waals surface area contributed by atoms with Gasteiger partial charge in [0.15, 0.2) is 11.5 Å². The number of aliphatic hydroxyl groups excluding tert-OH is 3. The highest BCUT2D eigenvalue weighted by atomic mass is 16.3. The normalized spacial score (nSPS) is 23.7. The maximum absolute atomic E-state index is 10.8. The number of rotatable bonds is 7. The van der Waals surface area contributed by atoms with Crippen LogP contribution in [0.25, 0.3) is 11.2 Å². The first kappa shape index (κ1) is 21.3. The molecule has 33 heavy (non-hydrogen) atoms. The number of nitrogen functional groups attached to an aromatic ring is 1. The van der Waals surface area contributed by atoms with Crippen LogP contribution in [0.2, 0.25) is 0 Å². The van der Waals surface area contributed by atoms with Crippen molar-refractivity contribution in [1.29, 1.82) is 0 Å². The Hall–Kier alpha value is -3.54. The molecule has 1 aliphatic rings. The van der Waals surface area contributed by atoms with E-state index < -0.39 is 18.2 Å². The smallest absolute Gasteiger partial charge is 0.227 e. The van der Waals surface area contributed by atoms with Gasteiger partial charge in [0, 0.05) is 12.4 Å². The lowest BCUT2D eigenvalue weighted by Crippen LogP contribution is -2.30. The third-order valence-corrected chi connectivity index (χ3v) is 6.17. The van der Waals surface area contributed by atoms with Crippen LogP contribution in [0, 0.1) is 0 Å². The molecule has 5 atom stereocenters. The lowest BCUT2D eigenvalue weighted by molar-refractivity contribution is 0.00722. The van der Waals surface area contributed by atoms with Crippen molar-refractivity contribution in [2.75, 3.05) is 17.7 Å². The van der Waals surface area contributed by atoms with Crippen molar-refractivity contribution in [1.82, 2.24) is 29.3 Å². The summed E-state index contributed by atoms with van der Waals surface area (Å²) in [6, 6.07) is 10.4. The summed E-state index contributed by atoms with van der Waals surface area (Å²) in [5.74, 6) is 0.447. The van der Waals surface area contributed by atoms with Crippen LogP contribution in [0.4, 0.5) is 11.8 Å². The largest absolute Gasteiger partial charge is 0.394 e. The van der Waals surface area contributed by atoms with Gasteiger partial charge in [-0.1, -0.05) is 30.3 Å². The molecule has 0 radical (unpaired) electrons. The molecule has 4 aromatic rings. The Labute approximate surface area is 189 Å². The zero-order valence-electron chi connectivity index (χ0n) is 17.8. The van der Waals surface area contributed by atoms with Crippen LogP contribution in [0.15, 0.2) is 55.1 Å². The summed E-state index contributed by atoms with van der Waals surface area (Å²) in [7, 11) is 0. The molecule has 172 valence electrons. The predicted octanol–water partition coefficient (Wildman–Crippen LogP) is 0.528. The molecule has 1 aromatic carbocycles. The van der Waals surface area contributed by atoms with E-state index >= 15 is 0 Å². The van der Waals surface area contributed by atoms with Gasteiger partial charge in [0.1, 0.15) is 17.7 Å². The fraction of sp³-hybridized carbons (Fsp3) is 0.364. The van der Waals surface area contributed by atoms with Gasteiger partial charge in [0.05, 0.1) is 31.1 Å². The molecule has 1 aliphatic carbocycles. The van der Waals surface area contributed by atoms with E-state index in [0.717, 1.165) is 5.56 Å². The molecule has 11 heteroatoms. The van der Waals surface area contributed by atoms with E-state index in [2.05, 4.69) is 25.4 Å². The molecule has 0 bridgehead atoms. The summed E-state index contributed by atoms with van der Waals surface area (Å²) >= 11 is 0. The van der Waals surface area contributed by atoms with Crippen LogP contribution in [0.3, 0.4) is 0 Å². The number of nitrogens with one attached hydrogen (secondary N) is 1. The van der Waals surface area contributed by atoms with E-state index in [1.807, 2.05) is 30.3 Å². The molecular weight excluding hydrogens is 424 g/mol. The average Bonchev–Trinajstić information content (AvgIpc) is 3.55. The number of imidazole rings is 1. The SMILES string of the molecule is Nc1nc(N[C@@H](CO)Cc2ccccc2)nc2c1ncn2[C@@H]1C[C@H](n2cccn2)[C@@H](O)[C@H]1O. The van der Waals surface area contributed by atoms with E-state index in [4.69, 9.17) is 5.73 Å². The summed E-state index contributed by atoms with van der Waals surface area (Å²) < 4.78 is 3.37. The van der Waals surface area contributed by atoms with E-state index in [1.165, 1.54) is 0 Å².